The Morgan fingerprint density at radius 2 is 1.95 bits per heavy atom. The summed E-state index contributed by atoms with van der Waals surface area (Å²) < 4.78 is 29.2. The van der Waals surface area contributed by atoms with Gasteiger partial charge in [0.05, 0.1) is 5.69 Å². The third-order valence-electron chi connectivity index (χ3n) is 2.79. The summed E-state index contributed by atoms with van der Waals surface area (Å²) in [5.74, 6) is 0. The molecule has 1 aromatic rings. The van der Waals surface area contributed by atoms with Crippen molar-refractivity contribution in [3.63, 3.8) is 0 Å². The van der Waals surface area contributed by atoms with Gasteiger partial charge in [-0.05, 0) is 32.4 Å². The summed E-state index contributed by atoms with van der Waals surface area (Å²) in [5, 5.41) is 3.23. The Hall–Kier alpha value is -1.11. The fourth-order valence-electron chi connectivity index (χ4n) is 2.12. The second kappa shape index (κ2) is 5.11. The molecule has 0 saturated heterocycles. The topological polar surface area (TPSA) is 61.4 Å². The van der Waals surface area contributed by atoms with Gasteiger partial charge in [0.2, 0.25) is 0 Å². The number of fused-ring (bicyclic) bond motifs is 1. The van der Waals surface area contributed by atoms with Gasteiger partial charge in [0.1, 0.15) is 0 Å². The molecule has 0 aromatic heterocycles. The summed E-state index contributed by atoms with van der Waals surface area (Å²) in [7, 11) is -3.53. The highest BCUT2D eigenvalue weighted by molar-refractivity contribution is 7.90. The number of para-hydroxylation sites is 1. The van der Waals surface area contributed by atoms with E-state index in [1.54, 1.807) is 0 Å². The minimum atomic E-state index is -3.53. The van der Waals surface area contributed by atoms with Gasteiger partial charge < -0.3 is 5.32 Å². The Bertz CT molecular complexity index is 549. The van der Waals surface area contributed by atoms with Crippen molar-refractivity contribution in [3.05, 3.63) is 29.8 Å². The minimum absolute atomic E-state index is 0.433. The zero-order chi connectivity index (χ0) is 14.1. The van der Waals surface area contributed by atoms with Crippen LogP contribution in [0.2, 0.25) is 0 Å². The lowest BCUT2D eigenvalue weighted by molar-refractivity contribution is 0.489. The molecule has 2 N–H and O–H groups in total. The molecule has 0 bridgehead atoms. The van der Waals surface area contributed by atoms with Crippen LogP contribution in [0, 0.1) is 0 Å². The van der Waals surface area contributed by atoms with Gasteiger partial charge in [0.25, 0.3) is 0 Å². The Morgan fingerprint density at radius 3 is 2.63 bits per heavy atom. The van der Waals surface area contributed by atoms with Gasteiger partial charge in [-0.3, -0.25) is 4.31 Å². The van der Waals surface area contributed by atoms with E-state index in [0.29, 0.717) is 19.6 Å². The van der Waals surface area contributed by atoms with Crippen LogP contribution in [-0.4, -0.2) is 27.0 Å². The van der Waals surface area contributed by atoms with Crippen molar-refractivity contribution in [2.45, 2.75) is 32.9 Å². The van der Waals surface area contributed by atoms with E-state index in [-0.39, 0.29) is 0 Å². The highest BCUT2D eigenvalue weighted by atomic mass is 32.2. The zero-order valence-corrected chi connectivity index (χ0v) is 12.4. The quantitative estimate of drug-likeness (QED) is 0.858. The van der Waals surface area contributed by atoms with Crippen molar-refractivity contribution < 1.29 is 8.42 Å². The molecule has 1 heterocycles. The van der Waals surface area contributed by atoms with E-state index < -0.39 is 15.7 Å². The second-order valence-electron chi connectivity index (χ2n) is 5.73. The smallest absolute Gasteiger partial charge is 0.302 e. The van der Waals surface area contributed by atoms with E-state index in [0.717, 1.165) is 11.3 Å². The molecule has 0 aliphatic carbocycles. The van der Waals surface area contributed by atoms with Crippen molar-refractivity contribution in [1.82, 2.24) is 10.0 Å². The molecule has 1 aliphatic heterocycles. The number of nitrogens with one attached hydrogen (secondary N) is 2. The molecule has 0 atom stereocenters. The third kappa shape index (κ3) is 3.46. The monoisotopic (exact) mass is 283 g/mol. The van der Waals surface area contributed by atoms with Gasteiger partial charge in [-0.15, -0.1) is 0 Å². The SMILES string of the molecule is CC(C)(C)NS(=O)(=O)N1CCNCc2ccccc21. The summed E-state index contributed by atoms with van der Waals surface area (Å²) in [6.45, 7) is 7.28. The summed E-state index contributed by atoms with van der Waals surface area (Å²) in [5.41, 5.74) is 1.26. The van der Waals surface area contributed by atoms with E-state index >= 15 is 0 Å². The molecule has 19 heavy (non-hydrogen) atoms. The maximum atomic E-state index is 12.5. The number of hydrogen-bond donors (Lipinski definition) is 2. The van der Waals surface area contributed by atoms with E-state index in [1.807, 2.05) is 45.0 Å². The van der Waals surface area contributed by atoms with Crippen LogP contribution in [0.25, 0.3) is 0 Å². The highest BCUT2D eigenvalue weighted by Crippen LogP contribution is 2.24. The number of hydrogen-bond acceptors (Lipinski definition) is 3. The molecule has 0 radical (unpaired) electrons. The average Bonchev–Trinajstić information content (AvgIpc) is 2.47. The fourth-order valence-corrected chi connectivity index (χ4v) is 3.77. The summed E-state index contributed by atoms with van der Waals surface area (Å²) in [6, 6.07) is 7.59. The van der Waals surface area contributed by atoms with Gasteiger partial charge in [0.15, 0.2) is 0 Å². The molecule has 0 fully saturated rings. The lowest BCUT2D eigenvalue weighted by Gasteiger charge is -2.29. The first kappa shape index (κ1) is 14.3. The first-order valence-electron chi connectivity index (χ1n) is 6.40. The molecule has 106 valence electrons. The van der Waals surface area contributed by atoms with Gasteiger partial charge in [-0.2, -0.15) is 13.1 Å². The molecule has 6 heteroatoms. The van der Waals surface area contributed by atoms with Crippen molar-refractivity contribution >= 4 is 15.9 Å². The predicted molar refractivity (Wildman–Crippen MR) is 77.3 cm³/mol. The van der Waals surface area contributed by atoms with Crippen LogP contribution < -0.4 is 14.3 Å². The number of rotatable bonds is 2. The number of anilines is 1. The first-order chi connectivity index (χ1) is 8.80. The van der Waals surface area contributed by atoms with E-state index in [9.17, 15) is 8.42 Å². The highest BCUT2D eigenvalue weighted by Gasteiger charge is 2.29. The zero-order valence-electron chi connectivity index (χ0n) is 11.6. The van der Waals surface area contributed by atoms with E-state index in [2.05, 4.69) is 10.0 Å². The van der Waals surface area contributed by atoms with Crippen molar-refractivity contribution in [1.29, 1.82) is 0 Å². The van der Waals surface area contributed by atoms with Crippen molar-refractivity contribution in [3.8, 4) is 0 Å². The standard InChI is InChI=1S/C13H21N3O2S/c1-13(2,3)15-19(17,18)16-9-8-14-10-11-6-4-5-7-12(11)16/h4-7,14-15H,8-10H2,1-3H3. The maximum Gasteiger partial charge on any atom is 0.302 e. The first-order valence-corrected chi connectivity index (χ1v) is 7.84. The molecule has 0 amide bonds. The van der Waals surface area contributed by atoms with Crippen LogP contribution in [0.15, 0.2) is 24.3 Å². The van der Waals surface area contributed by atoms with Crippen LogP contribution >= 0.6 is 0 Å². The lowest BCUT2D eigenvalue weighted by atomic mass is 10.1. The molecule has 0 spiro atoms. The Labute approximate surface area is 115 Å². The van der Waals surface area contributed by atoms with Crippen LogP contribution in [0.1, 0.15) is 26.3 Å². The molecule has 0 saturated carbocycles. The normalized spacial score (nSPS) is 16.9. The Kier molecular flexibility index (Phi) is 3.85. The molecule has 1 aliphatic rings. The van der Waals surface area contributed by atoms with E-state index in [1.165, 1.54) is 4.31 Å². The van der Waals surface area contributed by atoms with Gasteiger partial charge in [-0.1, -0.05) is 18.2 Å². The molecular formula is C13H21N3O2S. The summed E-state index contributed by atoms with van der Waals surface area (Å²) in [6.07, 6.45) is 0. The number of nitrogens with zero attached hydrogens (tertiary/aromatic N) is 1. The average molecular weight is 283 g/mol. The molecule has 1 aromatic carbocycles. The maximum absolute atomic E-state index is 12.5. The molecular weight excluding hydrogens is 262 g/mol. The molecule has 2 rings (SSSR count). The second-order valence-corrected chi connectivity index (χ2v) is 7.33. The van der Waals surface area contributed by atoms with E-state index in [4.69, 9.17) is 0 Å². The van der Waals surface area contributed by atoms with Gasteiger partial charge in [-0.25, -0.2) is 0 Å². The van der Waals surface area contributed by atoms with Crippen LogP contribution in [0.5, 0.6) is 0 Å². The van der Waals surface area contributed by atoms with Crippen LogP contribution in [0.4, 0.5) is 5.69 Å². The summed E-state index contributed by atoms with van der Waals surface area (Å²) >= 11 is 0. The van der Waals surface area contributed by atoms with Crippen LogP contribution in [0.3, 0.4) is 0 Å². The summed E-state index contributed by atoms with van der Waals surface area (Å²) in [4.78, 5) is 0. The van der Waals surface area contributed by atoms with Crippen LogP contribution in [-0.2, 0) is 16.8 Å². The van der Waals surface area contributed by atoms with Gasteiger partial charge in [0, 0.05) is 25.2 Å². The van der Waals surface area contributed by atoms with Gasteiger partial charge >= 0.3 is 10.2 Å². The van der Waals surface area contributed by atoms with Crippen molar-refractivity contribution in [2.24, 2.45) is 0 Å². The Balaban J connectivity index is 2.39. The van der Waals surface area contributed by atoms with Crippen molar-refractivity contribution in [2.75, 3.05) is 17.4 Å². The molecule has 5 nitrogen and oxygen atoms in total. The molecule has 0 unspecified atom stereocenters. The minimum Gasteiger partial charge on any atom is -0.311 e. The fraction of sp³-hybridized carbons (Fsp3) is 0.538. The predicted octanol–water partition coefficient (Wildman–Crippen LogP) is 1.23. The Morgan fingerprint density at radius 1 is 1.26 bits per heavy atom. The number of benzene rings is 1. The largest absolute Gasteiger partial charge is 0.311 e. The lowest BCUT2D eigenvalue weighted by Crippen LogP contribution is -2.50. The third-order valence-corrected chi connectivity index (χ3v) is 4.62.